The van der Waals surface area contributed by atoms with Gasteiger partial charge in [0, 0.05) is 25.6 Å². The predicted octanol–water partition coefficient (Wildman–Crippen LogP) is 3.32. The average molecular weight is 358 g/mol. The number of halogens is 1. The van der Waals surface area contributed by atoms with Crippen LogP contribution in [-0.2, 0) is 24.1 Å². The van der Waals surface area contributed by atoms with Gasteiger partial charge in [-0.05, 0) is 62.5 Å². The largest absolute Gasteiger partial charge is 0.374 e. The Kier molecular flexibility index (Phi) is 5.86. The van der Waals surface area contributed by atoms with Crippen molar-refractivity contribution in [1.29, 1.82) is 0 Å². The van der Waals surface area contributed by atoms with Crippen LogP contribution >= 0.6 is 15.9 Å². The summed E-state index contributed by atoms with van der Waals surface area (Å²) in [6.45, 7) is 8.33. The van der Waals surface area contributed by atoms with Gasteiger partial charge in [0.05, 0.1) is 21.5 Å². The molecular formula is C16H28BrN3O. The Hall–Kier alpha value is -0.390. The highest BCUT2D eigenvalue weighted by Gasteiger charge is 2.37. The molecule has 1 aromatic heterocycles. The third-order valence-electron chi connectivity index (χ3n) is 4.68. The molecule has 2 atom stereocenters. The summed E-state index contributed by atoms with van der Waals surface area (Å²) in [4.78, 5) is 0. The molecule has 1 aromatic rings. The zero-order valence-corrected chi connectivity index (χ0v) is 15.3. The highest BCUT2D eigenvalue weighted by Crippen LogP contribution is 2.32. The number of nitrogens with one attached hydrogen (secondary N) is 1. The van der Waals surface area contributed by atoms with Crippen LogP contribution in [0.1, 0.15) is 51.4 Å². The molecule has 2 heterocycles. The Balaban J connectivity index is 2.24. The van der Waals surface area contributed by atoms with Crippen LogP contribution in [0.25, 0.3) is 0 Å². The molecule has 2 unspecified atom stereocenters. The summed E-state index contributed by atoms with van der Waals surface area (Å²) in [5.74, 6) is 0. The number of hydrogen-bond donors (Lipinski definition) is 1. The standard InChI is InChI=1S/C16H28BrN3O/c1-5-12-15(17)13(20(6-2)19-12)11-14(18-4)16(3)9-7-8-10-21-16/h14,18H,5-11H2,1-4H3. The third-order valence-corrected chi connectivity index (χ3v) is 5.59. The monoisotopic (exact) mass is 357 g/mol. The van der Waals surface area contributed by atoms with Crippen molar-refractivity contribution in [3.05, 3.63) is 15.9 Å². The van der Waals surface area contributed by atoms with Gasteiger partial charge >= 0.3 is 0 Å². The van der Waals surface area contributed by atoms with Gasteiger partial charge in [0.15, 0.2) is 0 Å². The van der Waals surface area contributed by atoms with Crippen LogP contribution in [0.2, 0.25) is 0 Å². The lowest BCUT2D eigenvalue weighted by Crippen LogP contribution is -2.52. The smallest absolute Gasteiger partial charge is 0.0810 e. The van der Waals surface area contributed by atoms with Gasteiger partial charge in [-0.1, -0.05) is 6.92 Å². The number of ether oxygens (including phenoxy) is 1. The first-order chi connectivity index (χ1) is 10.1. The lowest BCUT2D eigenvalue weighted by atomic mass is 9.85. The number of nitrogens with zero attached hydrogens (tertiary/aromatic N) is 2. The van der Waals surface area contributed by atoms with Crippen LogP contribution in [0, 0.1) is 0 Å². The second-order valence-corrected chi connectivity index (χ2v) is 6.83. The first-order valence-corrected chi connectivity index (χ1v) is 8.90. The minimum Gasteiger partial charge on any atom is -0.374 e. The molecule has 0 amide bonds. The molecule has 21 heavy (non-hydrogen) atoms. The van der Waals surface area contributed by atoms with E-state index in [2.05, 4.69) is 46.7 Å². The molecule has 0 aliphatic carbocycles. The zero-order valence-electron chi connectivity index (χ0n) is 13.7. The molecule has 2 rings (SSSR count). The number of aromatic nitrogens is 2. The first kappa shape index (κ1) is 17.0. The molecule has 1 fully saturated rings. The van der Waals surface area contributed by atoms with Gasteiger partial charge in [0.1, 0.15) is 0 Å². The highest BCUT2D eigenvalue weighted by atomic mass is 79.9. The number of hydrogen-bond acceptors (Lipinski definition) is 3. The lowest BCUT2D eigenvalue weighted by Gasteiger charge is -2.40. The van der Waals surface area contributed by atoms with E-state index >= 15 is 0 Å². The van der Waals surface area contributed by atoms with Crippen LogP contribution < -0.4 is 5.32 Å². The normalized spacial score (nSPS) is 24.2. The van der Waals surface area contributed by atoms with Crippen LogP contribution in [0.5, 0.6) is 0 Å². The van der Waals surface area contributed by atoms with Crippen molar-refractivity contribution >= 4 is 15.9 Å². The van der Waals surface area contributed by atoms with Crippen LogP contribution in [0.15, 0.2) is 4.47 Å². The summed E-state index contributed by atoms with van der Waals surface area (Å²) in [5.41, 5.74) is 2.35. The summed E-state index contributed by atoms with van der Waals surface area (Å²) < 4.78 is 9.43. The molecule has 0 radical (unpaired) electrons. The molecule has 0 aromatic carbocycles. The summed E-state index contributed by atoms with van der Waals surface area (Å²) in [7, 11) is 2.04. The van der Waals surface area contributed by atoms with Crippen molar-refractivity contribution in [3.63, 3.8) is 0 Å². The van der Waals surface area contributed by atoms with Gasteiger partial charge < -0.3 is 10.1 Å². The van der Waals surface area contributed by atoms with E-state index in [1.54, 1.807) is 0 Å². The van der Waals surface area contributed by atoms with E-state index in [9.17, 15) is 0 Å². The number of aryl methyl sites for hydroxylation is 2. The van der Waals surface area contributed by atoms with E-state index in [1.807, 2.05) is 7.05 Å². The topological polar surface area (TPSA) is 39.1 Å². The second kappa shape index (κ2) is 7.25. The van der Waals surface area contributed by atoms with E-state index in [1.165, 1.54) is 23.0 Å². The average Bonchev–Trinajstić information content (AvgIpc) is 2.80. The third kappa shape index (κ3) is 3.51. The van der Waals surface area contributed by atoms with E-state index < -0.39 is 0 Å². The molecule has 0 bridgehead atoms. The molecule has 0 saturated carbocycles. The van der Waals surface area contributed by atoms with Crippen molar-refractivity contribution in [1.82, 2.24) is 15.1 Å². The molecule has 120 valence electrons. The van der Waals surface area contributed by atoms with Crippen molar-refractivity contribution in [2.75, 3.05) is 13.7 Å². The van der Waals surface area contributed by atoms with Crippen molar-refractivity contribution in [3.8, 4) is 0 Å². The van der Waals surface area contributed by atoms with Gasteiger partial charge in [-0.3, -0.25) is 4.68 Å². The molecule has 1 saturated heterocycles. The minimum absolute atomic E-state index is 0.0817. The van der Waals surface area contributed by atoms with Crippen molar-refractivity contribution < 1.29 is 4.74 Å². The van der Waals surface area contributed by atoms with Gasteiger partial charge in [-0.2, -0.15) is 5.10 Å². The van der Waals surface area contributed by atoms with Crippen LogP contribution in [0.3, 0.4) is 0 Å². The predicted molar refractivity (Wildman–Crippen MR) is 89.7 cm³/mol. The number of likely N-dealkylation sites (N-methyl/N-ethyl adjacent to an activating group) is 1. The SMILES string of the molecule is CCc1nn(CC)c(CC(NC)C2(C)CCCCO2)c1Br. The maximum Gasteiger partial charge on any atom is 0.0810 e. The minimum atomic E-state index is -0.0817. The lowest BCUT2D eigenvalue weighted by molar-refractivity contribution is -0.0873. The second-order valence-electron chi connectivity index (χ2n) is 6.04. The molecule has 1 N–H and O–H groups in total. The maximum atomic E-state index is 6.13. The fourth-order valence-corrected chi connectivity index (χ4v) is 3.99. The Labute approximate surface area is 136 Å². The quantitative estimate of drug-likeness (QED) is 0.848. The summed E-state index contributed by atoms with van der Waals surface area (Å²) >= 11 is 3.75. The highest BCUT2D eigenvalue weighted by molar-refractivity contribution is 9.10. The van der Waals surface area contributed by atoms with Crippen molar-refractivity contribution in [2.24, 2.45) is 0 Å². The Morgan fingerprint density at radius 3 is 2.71 bits per heavy atom. The zero-order chi connectivity index (χ0) is 15.5. The van der Waals surface area contributed by atoms with E-state index in [4.69, 9.17) is 9.84 Å². The Morgan fingerprint density at radius 2 is 2.19 bits per heavy atom. The van der Waals surface area contributed by atoms with Gasteiger partial charge in [0.2, 0.25) is 0 Å². The number of rotatable bonds is 6. The molecule has 0 spiro atoms. The van der Waals surface area contributed by atoms with E-state index in [0.717, 1.165) is 38.1 Å². The first-order valence-electron chi connectivity index (χ1n) is 8.11. The fourth-order valence-electron chi connectivity index (χ4n) is 3.26. The van der Waals surface area contributed by atoms with Crippen LogP contribution in [-0.4, -0.2) is 35.1 Å². The summed E-state index contributed by atoms with van der Waals surface area (Å²) in [6.07, 6.45) is 5.45. The van der Waals surface area contributed by atoms with Crippen LogP contribution in [0.4, 0.5) is 0 Å². The van der Waals surface area contributed by atoms with Gasteiger partial charge in [-0.25, -0.2) is 0 Å². The van der Waals surface area contributed by atoms with Gasteiger partial charge in [-0.15, -0.1) is 0 Å². The molecule has 1 aliphatic rings. The summed E-state index contributed by atoms with van der Waals surface area (Å²) in [6, 6.07) is 0.306. The van der Waals surface area contributed by atoms with Crippen molar-refractivity contribution in [2.45, 2.75) is 71.1 Å². The van der Waals surface area contributed by atoms with E-state index in [0.29, 0.717) is 6.04 Å². The molecule has 5 heteroatoms. The molecule has 4 nitrogen and oxygen atoms in total. The maximum absolute atomic E-state index is 6.13. The van der Waals surface area contributed by atoms with Gasteiger partial charge in [0.25, 0.3) is 0 Å². The summed E-state index contributed by atoms with van der Waals surface area (Å²) in [5, 5.41) is 8.18. The molecular weight excluding hydrogens is 330 g/mol. The van der Waals surface area contributed by atoms with E-state index in [-0.39, 0.29) is 5.60 Å². The fraction of sp³-hybridized carbons (Fsp3) is 0.812. The Morgan fingerprint density at radius 1 is 1.43 bits per heavy atom. The Bertz CT molecular complexity index is 466. The molecule has 1 aliphatic heterocycles.